The summed E-state index contributed by atoms with van der Waals surface area (Å²) in [5, 5.41) is 9.86. The van der Waals surface area contributed by atoms with Crippen LogP contribution in [0.2, 0.25) is 0 Å². The minimum atomic E-state index is -0.212. The lowest BCUT2D eigenvalue weighted by molar-refractivity contribution is -0.128. The van der Waals surface area contributed by atoms with E-state index in [4.69, 9.17) is 9.47 Å². The molecular formula is C17H23NO3. The van der Waals surface area contributed by atoms with Gasteiger partial charge in [-0.05, 0) is 31.0 Å². The summed E-state index contributed by atoms with van der Waals surface area (Å²) in [5.74, 6) is 1.69. The fourth-order valence-corrected chi connectivity index (χ4v) is 4.30. The van der Waals surface area contributed by atoms with Gasteiger partial charge >= 0.3 is 0 Å². The van der Waals surface area contributed by atoms with E-state index in [1.807, 2.05) is 12.1 Å². The minimum Gasteiger partial charge on any atom is -0.508 e. The average Bonchev–Trinajstić information content (AvgIpc) is 2.68. The van der Waals surface area contributed by atoms with E-state index in [0.717, 1.165) is 44.9 Å². The first-order valence-corrected chi connectivity index (χ1v) is 8.14. The summed E-state index contributed by atoms with van der Waals surface area (Å²) in [6.45, 7) is 3.46. The molecule has 0 aromatic heterocycles. The van der Waals surface area contributed by atoms with Crippen molar-refractivity contribution in [2.24, 2.45) is 0 Å². The number of nitrogens with zero attached hydrogens (tertiary/aromatic N) is 1. The van der Waals surface area contributed by atoms with Crippen molar-refractivity contribution in [3.63, 3.8) is 0 Å². The largest absolute Gasteiger partial charge is 0.508 e. The summed E-state index contributed by atoms with van der Waals surface area (Å²) in [4.78, 5) is 2.49. The Morgan fingerprint density at radius 1 is 1.14 bits per heavy atom. The lowest BCUT2D eigenvalue weighted by Gasteiger charge is -2.45. The van der Waals surface area contributed by atoms with E-state index in [0.29, 0.717) is 11.7 Å². The van der Waals surface area contributed by atoms with Crippen molar-refractivity contribution >= 4 is 0 Å². The van der Waals surface area contributed by atoms with Gasteiger partial charge in [0.25, 0.3) is 0 Å². The average molecular weight is 289 g/mol. The highest BCUT2D eigenvalue weighted by Gasteiger charge is 2.52. The molecule has 1 aromatic carbocycles. The fourth-order valence-electron chi connectivity index (χ4n) is 4.30. The monoisotopic (exact) mass is 289 g/mol. The molecule has 114 valence electrons. The van der Waals surface area contributed by atoms with Crippen LogP contribution in [0.4, 0.5) is 0 Å². The van der Waals surface area contributed by atoms with Crippen LogP contribution in [0.3, 0.4) is 0 Å². The van der Waals surface area contributed by atoms with Gasteiger partial charge in [-0.25, -0.2) is 0 Å². The molecule has 0 unspecified atom stereocenters. The number of hydrogen-bond acceptors (Lipinski definition) is 4. The first-order valence-electron chi connectivity index (χ1n) is 8.14. The number of benzene rings is 1. The summed E-state index contributed by atoms with van der Waals surface area (Å²) in [5.41, 5.74) is 0.986. The molecule has 21 heavy (non-hydrogen) atoms. The summed E-state index contributed by atoms with van der Waals surface area (Å²) >= 11 is 0. The summed E-state index contributed by atoms with van der Waals surface area (Å²) in [6.07, 6.45) is 5.96. The second-order valence-corrected chi connectivity index (χ2v) is 6.42. The van der Waals surface area contributed by atoms with Crippen LogP contribution in [0, 0.1) is 0 Å². The van der Waals surface area contributed by atoms with Crippen LogP contribution in [0.5, 0.6) is 11.5 Å². The molecule has 1 aromatic rings. The van der Waals surface area contributed by atoms with E-state index < -0.39 is 0 Å². The van der Waals surface area contributed by atoms with Gasteiger partial charge in [-0.15, -0.1) is 0 Å². The van der Waals surface area contributed by atoms with E-state index in [1.165, 1.54) is 24.8 Å². The third-order valence-corrected chi connectivity index (χ3v) is 5.27. The van der Waals surface area contributed by atoms with Gasteiger partial charge in [0.2, 0.25) is 0 Å². The van der Waals surface area contributed by atoms with Gasteiger partial charge in [0, 0.05) is 31.0 Å². The van der Waals surface area contributed by atoms with Crippen LogP contribution in [0.1, 0.15) is 43.6 Å². The van der Waals surface area contributed by atoms with Crippen LogP contribution in [-0.2, 0) is 4.74 Å². The predicted octanol–water partition coefficient (Wildman–Crippen LogP) is 2.86. The second-order valence-electron chi connectivity index (χ2n) is 6.42. The maximum absolute atomic E-state index is 9.86. The first kappa shape index (κ1) is 13.4. The van der Waals surface area contributed by atoms with Crippen LogP contribution in [0.25, 0.3) is 0 Å². The van der Waals surface area contributed by atoms with Crippen molar-refractivity contribution in [2.45, 2.75) is 43.7 Å². The zero-order valence-electron chi connectivity index (χ0n) is 12.4. The molecule has 1 N–H and O–H groups in total. The van der Waals surface area contributed by atoms with Gasteiger partial charge in [0.05, 0.1) is 13.2 Å². The molecule has 1 saturated heterocycles. The van der Waals surface area contributed by atoms with Crippen LogP contribution >= 0.6 is 0 Å². The molecule has 2 fully saturated rings. The Hall–Kier alpha value is -1.26. The molecule has 0 spiro atoms. The van der Waals surface area contributed by atoms with Gasteiger partial charge in [-0.2, -0.15) is 0 Å². The van der Waals surface area contributed by atoms with Gasteiger partial charge < -0.3 is 14.6 Å². The number of fused-ring (bicyclic) bond motifs is 3. The standard InChI is InChI=1S/C17H23NO3/c19-13-5-6-16-14(12-13)15-4-2-1-3-7-17(15,21-16)18-8-10-20-11-9-18/h5-6,12,15,19H,1-4,7-11H2/t15-,17-/m0/s1. The van der Waals surface area contributed by atoms with Crippen LogP contribution < -0.4 is 4.74 Å². The minimum absolute atomic E-state index is 0.212. The Bertz CT molecular complexity index is 527. The quantitative estimate of drug-likeness (QED) is 0.863. The molecule has 1 saturated carbocycles. The van der Waals surface area contributed by atoms with E-state index >= 15 is 0 Å². The number of rotatable bonds is 1. The lowest BCUT2D eigenvalue weighted by atomic mass is 9.85. The molecule has 3 aliphatic rings. The Kier molecular flexibility index (Phi) is 3.31. The summed E-state index contributed by atoms with van der Waals surface area (Å²) < 4.78 is 12.1. The molecule has 2 atom stereocenters. The van der Waals surface area contributed by atoms with Gasteiger partial charge in [0.15, 0.2) is 5.72 Å². The highest BCUT2D eigenvalue weighted by molar-refractivity contribution is 5.47. The van der Waals surface area contributed by atoms with Crippen molar-refractivity contribution in [2.75, 3.05) is 26.3 Å². The van der Waals surface area contributed by atoms with E-state index in [9.17, 15) is 5.11 Å². The molecule has 0 bridgehead atoms. The van der Waals surface area contributed by atoms with Gasteiger partial charge in [-0.1, -0.05) is 12.8 Å². The van der Waals surface area contributed by atoms with Crippen molar-refractivity contribution in [3.05, 3.63) is 23.8 Å². The van der Waals surface area contributed by atoms with E-state index in [1.54, 1.807) is 6.07 Å². The maximum Gasteiger partial charge on any atom is 0.170 e. The van der Waals surface area contributed by atoms with Crippen molar-refractivity contribution in [3.8, 4) is 11.5 Å². The number of ether oxygens (including phenoxy) is 2. The number of phenols is 1. The maximum atomic E-state index is 9.86. The molecular weight excluding hydrogens is 266 g/mol. The lowest BCUT2D eigenvalue weighted by Crippen LogP contribution is -2.57. The molecule has 0 radical (unpaired) electrons. The normalized spacial score (nSPS) is 32.9. The van der Waals surface area contributed by atoms with Crippen LogP contribution in [0.15, 0.2) is 18.2 Å². The molecule has 4 heteroatoms. The molecule has 2 aliphatic heterocycles. The number of morpholine rings is 1. The molecule has 1 aliphatic carbocycles. The Morgan fingerprint density at radius 3 is 2.86 bits per heavy atom. The second kappa shape index (κ2) is 5.18. The molecule has 0 amide bonds. The Balaban J connectivity index is 1.75. The van der Waals surface area contributed by atoms with Crippen molar-refractivity contribution in [1.29, 1.82) is 0 Å². The molecule has 4 nitrogen and oxygen atoms in total. The SMILES string of the molecule is Oc1ccc2c(c1)[C@@H]1CCCCC[C@]1(N1CCOCC1)O2. The van der Waals surface area contributed by atoms with Crippen LogP contribution in [-0.4, -0.2) is 42.0 Å². The Morgan fingerprint density at radius 2 is 2.00 bits per heavy atom. The Labute approximate surface area is 125 Å². The van der Waals surface area contributed by atoms with E-state index in [2.05, 4.69) is 4.90 Å². The summed E-state index contributed by atoms with van der Waals surface area (Å²) in [6, 6.07) is 5.58. The topological polar surface area (TPSA) is 41.9 Å². The highest BCUT2D eigenvalue weighted by atomic mass is 16.5. The zero-order valence-corrected chi connectivity index (χ0v) is 12.4. The first-order chi connectivity index (χ1) is 10.3. The van der Waals surface area contributed by atoms with Crippen molar-refractivity contribution < 1.29 is 14.6 Å². The smallest absolute Gasteiger partial charge is 0.170 e. The fraction of sp³-hybridized carbons (Fsp3) is 0.647. The summed E-state index contributed by atoms with van der Waals surface area (Å²) in [7, 11) is 0. The van der Waals surface area contributed by atoms with E-state index in [-0.39, 0.29) is 5.72 Å². The van der Waals surface area contributed by atoms with Gasteiger partial charge in [-0.3, -0.25) is 4.90 Å². The molecule has 2 heterocycles. The number of phenolic OH excluding ortho intramolecular Hbond substituents is 1. The zero-order chi connectivity index (χ0) is 14.3. The molecule has 4 rings (SSSR count). The third kappa shape index (κ3) is 2.12. The van der Waals surface area contributed by atoms with Gasteiger partial charge in [0.1, 0.15) is 11.5 Å². The highest BCUT2D eigenvalue weighted by Crippen LogP contribution is 2.53. The third-order valence-electron chi connectivity index (χ3n) is 5.27. The number of aromatic hydroxyl groups is 1. The number of hydrogen-bond donors (Lipinski definition) is 1. The van der Waals surface area contributed by atoms with Crippen molar-refractivity contribution in [1.82, 2.24) is 4.90 Å². The predicted molar refractivity (Wildman–Crippen MR) is 79.7 cm³/mol.